The van der Waals surface area contributed by atoms with E-state index < -0.39 is 15.6 Å². The van der Waals surface area contributed by atoms with Crippen molar-refractivity contribution >= 4 is 10.0 Å². The zero-order chi connectivity index (χ0) is 15.8. The zero-order valence-corrected chi connectivity index (χ0v) is 13.9. The van der Waals surface area contributed by atoms with Crippen LogP contribution < -0.4 is 5.73 Å². The van der Waals surface area contributed by atoms with Crippen LogP contribution in [0.4, 0.5) is 0 Å². The van der Waals surface area contributed by atoms with Crippen LogP contribution in [0.25, 0.3) is 0 Å². The number of rotatable bonds is 3. The summed E-state index contributed by atoms with van der Waals surface area (Å²) in [6.45, 7) is 8.75. The smallest absolute Gasteiger partial charge is 0.243 e. The second-order valence-corrected chi connectivity index (χ2v) is 8.22. The van der Waals surface area contributed by atoms with Gasteiger partial charge in [-0.15, -0.1) is 0 Å². The van der Waals surface area contributed by atoms with Gasteiger partial charge >= 0.3 is 0 Å². The zero-order valence-electron chi connectivity index (χ0n) is 13.1. The van der Waals surface area contributed by atoms with E-state index in [2.05, 4.69) is 0 Å². The summed E-state index contributed by atoms with van der Waals surface area (Å²) < 4.78 is 32.9. The molecule has 1 unspecified atom stereocenters. The first-order chi connectivity index (χ1) is 9.65. The van der Waals surface area contributed by atoms with Crippen LogP contribution in [0.2, 0.25) is 0 Å². The number of benzene rings is 1. The summed E-state index contributed by atoms with van der Waals surface area (Å²) >= 11 is 0. The molecule has 6 heteroatoms. The number of aryl methyl sites for hydroxylation is 1. The predicted molar refractivity (Wildman–Crippen MR) is 82.5 cm³/mol. The summed E-state index contributed by atoms with van der Waals surface area (Å²) in [4.78, 5) is 0.321. The Hall–Kier alpha value is -0.950. The molecule has 1 fully saturated rings. The van der Waals surface area contributed by atoms with Crippen LogP contribution in [0.5, 0.6) is 0 Å². The lowest BCUT2D eigenvalue weighted by atomic mass is 10.1. The van der Waals surface area contributed by atoms with Crippen LogP contribution in [-0.4, -0.2) is 37.5 Å². The Bertz CT molecular complexity index is 626. The van der Waals surface area contributed by atoms with Crippen LogP contribution in [0, 0.1) is 6.92 Å². The maximum atomic E-state index is 12.8. The lowest BCUT2D eigenvalue weighted by Crippen LogP contribution is -2.53. The molecule has 1 atom stereocenters. The van der Waals surface area contributed by atoms with E-state index in [1.807, 2.05) is 27.7 Å². The van der Waals surface area contributed by atoms with Gasteiger partial charge in [-0.3, -0.25) is 0 Å². The highest BCUT2D eigenvalue weighted by Crippen LogP contribution is 2.27. The molecule has 1 aliphatic heterocycles. The first-order valence-corrected chi connectivity index (χ1v) is 8.57. The van der Waals surface area contributed by atoms with Gasteiger partial charge in [0.05, 0.1) is 16.6 Å². The highest BCUT2D eigenvalue weighted by atomic mass is 32.2. The molecular weight excluding hydrogens is 288 g/mol. The molecule has 1 heterocycles. The van der Waals surface area contributed by atoms with Gasteiger partial charge in [-0.1, -0.05) is 6.07 Å². The molecule has 118 valence electrons. The molecule has 5 nitrogen and oxygen atoms in total. The lowest BCUT2D eigenvalue weighted by Gasteiger charge is -2.40. The van der Waals surface area contributed by atoms with E-state index in [0.717, 1.165) is 11.1 Å². The SMILES string of the molecule is Cc1cc(S(=O)(=O)N2CC(C)OC(C)(C)C2)ccc1CN. The van der Waals surface area contributed by atoms with Crippen molar-refractivity contribution in [1.29, 1.82) is 0 Å². The number of hydrogen-bond acceptors (Lipinski definition) is 4. The normalized spacial score (nSPS) is 23.2. The summed E-state index contributed by atoms with van der Waals surface area (Å²) in [5.74, 6) is 0. The van der Waals surface area contributed by atoms with E-state index in [1.165, 1.54) is 4.31 Å². The van der Waals surface area contributed by atoms with Gasteiger partial charge in [0.15, 0.2) is 0 Å². The van der Waals surface area contributed by atoms with Crippen molar-refractivity contribution in [3.63, 3.8) is 0 Å². The molecule has 0 amide bonds. The average molecular weight is 312 g/mol. The van der Waals surface area contributed by atoms with E-state index >= 15 is 0 Å². The van der Waals surface area contributed by atoms with Crippen molar-refractivity contribution in [3.8, 4) is 0 Å². The van der Waals surface area contributed by atoms with Crippen LogP contribution in [-0.2, 0) is 21.3 Å². The van der Waals surface area contributed by atoms with E-state index in [4.69, 9.17) is 10.5 Å². The topological polar surface area (TPSA) is 72.6 Å². The number of ether oxygens (including phenoxy) is 1. The number of morpholine rings is 1. The fraction of sp³-hybridized carbons (Fsp3) is 0.600. The van der Waals surface area contributed by atoms with Crippen LogP contribution in [0.1, 0.15) is 31.9 Å². The van der Waals surface area contributed by atoms with Crippen molar-refractivity contribution < 1.29 is 13.2 Å². The Morgan fingerprint density at radius 3 is 2.62 bits per heavy atom. The van der Waals surface area contributed by atoms with Gasteiger partial charge < -0.3 is 10.5 Å². The number of nitrogens with two attached hydrogens (primary N) is 1. The van der Waals surface area contributed by atoms with E-state index in [0.29, 0.717) is 24.5 Å². The number of hydrogen-bond donors (Lipinski definition) is 1. The van der Waals surface area contributed by atoms with Crippen LogP contribution in [0.15, 0.2) is 23.1 Å². The molecule has 0 saturated carbocycles. The van der Waals surface area contributed by atoms with Gasteiger partial charge in [-0.25, -0.2) is 8.42 Å². The lowest BCUT2D eigenvalue weighted by molar-refractivity contribution is -0.109. The molecular formula is C15H24N2O3S. The molecule has 0 spiro atoms. The van der Waals surface area contributed by atoms with Gasteiger partial charge in [0, 0.05) is 19.6 Å². The monoisotopic (exact) mass is 312 g/mol. The first kappa shape index (κ1) is 16.4. The maximum absolute atomic E-state index is 12.8. The molecule has 1 aliphatic rings. The predicted octanol–water partition coefficient (Wildman–Crippen LogP) is 1.64. The summed E-state index contributed by atoms with van der Waals surface area (Å²) in [6, 6.07) is 5.12. The highest BCUT2D eigenvalue weighted by molar-refractivity contribution is 7.89. The number of nitrogens with zero attached hydrogens (tertiary/aromatic N) is 1. The second-order valence-electron chi connectivity index (χ2n) is 6.28. The van der Waals surface area contributed by atoms with Gasteiger partial charge in [-0.05, 0) is 51.0 Å². The molecule has 0 aromatic heterocycles. The third kappa shape index (κ3) is 3.45. The molecule has 1 saturated heterocycles. The Labute approximate surface area is 127 Å². The van der Waals surface area contributed by atoms with Gasteiger partial charge in [0.25, 0.3) is 0 Å². The fourth-order valence-electron chi connectivity index (χ4n) is 2.79. The minimum absolute atomic E-state index is 0.118. The summed E-state index contributed by atoms with van der Waals surface area (Å²) in [6.07, 6.45) is -0.118. The Balaban J connectivity index is 2.35. The molecule has 0 bridgehead atoms. The van der Waals surface area contributed by atoms with E-state index in [1.54, 1.807) is 18.2 Å². The van der Waals surface area contributed by atoms with Crippen molar-refractivity contribution in [2.24, 2.45) is 5.73 Å². The second kappa shape index (κ2) is 5.68. The molecule has 21 heavy (non-hydrogen) atoms. The van der Waals surface area contributed by atoms with Crippen LogP contribution in [0.3, 0.4) is 0 Å². The third-order valence-electron chi connectivity index (χ3n) is 3.71. The first-order valence-electron chi connectivity index (χ1n) is 7.13. The summed E-state index contributed by atoms with van der Waals surface area (Å²) in [7, 11) is -3.50. The summed E-state index contributed by atoms with van der Waals surface area (Å²) in [5.41, 5.74) is 7.02. The molecule has 0 radical (unpaired) electrons. The van der Waals surface area contributed by atoms with Crippen molar-refractivity contribution in [2.75, 3.05) is 13.1 Å². The standard InChI is InChI=1S/C15H24N2O3S/c1-11-7-14(6-5-13(11)8-16)21(18,19)17-9-12(2)20-15(3,4)10-17/h5-7,12H,8-10,16H2,1-4H3. The maximum Gasteiger partial charge on any atom is 0.243 e. The molecule has 1 aromatic carbocycles. The van der Waals surface area contributed by atoms with E-state index in [9.17, 15) is 8.42 Å². The van der Waals surface area contributed by atoms with Crippen LogP contribution >= 0.6 is 0 Å². The molecule has 2 N–H and O–H groups in total. The average Bonchev–Trinajstić information content (AvgIpc) is 2.36. The van der Waals surface area contributed by atoms with Crippen molar-refractivity contribution in [2.45, 2.75) is 50.8 Å². The van der Waals surface area contributed by atoms with Crippen molar-refractivity contribution in [1.82, 2.24) is 4.31 Å². The van der Waals surface area contributed by atoms with E-state index in [-0.39, 0.29) is 6.10 Å². The minimum atomic E-state index is -3.50. The molecule has 0 aliphatic carbocycles. The van der Waals surface area contributed by atoms with Crippen molar-refractivity contribution in [3.05, 3.63) is 29.3 Å². The third-order valence-corrected chi connectivity index (χ3v) is 5.52. The number of sulfonamides is 1. The Morgan fingerprint density at radius 1 is 1.43 bits per heavy atom. The van der Waals surface area contributed by atoms with Gasteiger partial charge in [0.1, 0.15) is 0 Å². The fourth-order valence-corrected chi connectivity index (χ4v) is 4.54. The highest BCUT2D eigenvalue weighted by Gasteiger charge is 2.37. The molecule has 1 aromatic rings. The summed E-state index contributed by atoms with van der Waals surface area (Å²) in [5, 5.41) is 0. The van der Waals surface area contributed by atoms with Gasteiger partial charge in [0.2, 0.25) is 10.0 Å². The molecule has 2 rings (SSSR count). The largest absolute Gasteiger partial charge is 0.370 e. The quantitative estimate of drug-likeness (QED) is 0.921. The Kier molecular flexibility index (Phi) is 4.44. The van der Waals surface area contributed by atoms with Gasteiger partial charge in [-0.2, -0.15) is 4.31 Å². The Morgan fingerprint density at radius 2 is 2.10 bits per heavy atom. The minimum Gasteiger partial charge on any atom is -0.370 e.